The lowest BCUT2D eigenvalue weighted by Crippen LogP contribution is -2.24. The third-order valence-electron chi connectivity index (χ3n) is 3.57. The second-order valence-corrected chi connectivity index (χ2v) is 5.91. The van der Waals surface area contributed by atoms with Crippen LogP contribution in [0.3, 0.4) is 0 Å². The van der Waals surface area contributed by atoms with E-state index < -0.39 is 0 Å². The van der Waals surface area contributed by atoms with Gasteiger partial charge < -0.3 is 5.32 Å². The molecular formula is C17H18Cl2FN. The highest BCUT2D eigenvalue weighted by atomic mass is 35.5. The summed E-state index contributed by atoms with van der Waals surface area (Å²) in [4.78, 5) is 0. The average molecular weight is 326 g/mol. The van der Waals surface area contributed by atoms with Gasteiger partial charge in [-0.3, -0.25) is 0 Å². The Hall–Kier alpha value is -1.09. The molecular weight excluding hydrogens is 308 g/mol. The fourth-order valence-electron chi connectivity index (χ4n) is 2.36. The maximum absolute atomic E-state index is 13.0. The van der Waals surface area contributed by atoms with E-state index in [1.807, 2.05) is 12.1 Å². The number of rotatable bonds is 5. The summed E-state index contributed by atoms with van der Waals surface area (Å²) in [5.74, 6) is -0.223. The van der Waals surface area contributed by atoms with Crippen molar-refractivity contribution in [3.63, 3.8) is 0 Å². The van der Waals surface area contributed by atoms with Crippen LogP contribution in [0, 0.1) is 5.82 Å². The van der Waals surface area contributed by atoms with Gasteiger partial charge in [-0.05, 0) is 48.7 Å². The van der Waals surface area contributed by atoms with Gasteiger partial charge in [0.05, 0.1) is 0 Å². The Kier molecular flexibility index (Phi) is 5.63. The van der Waals surface area contributed by atoms with Crippen LogP contribution in [-0.4, -0.2) is 0 Å². The first-order valence-electron chi connectivity index (χ1n) is 6.97. The molecule has 0 fully saturated rings. The highest BCUT2D eigenvalue weighted by Crippen LogP contribution is 2.30. The predicted octanol–water partition coefficient (Wildman–Crippen LogP) is 5.93. The predicted molar refractivity (Wildman–Crippen MR) is 87.4 cm³/mol. The molecule has 0 spiro atoms. The number of benzene rings is 2. The first-order valence-corrected chi connectivity index (χ1v) is 7.73. The van der Waals surface area contributed by atoms with Gasteiger partial charge in [-0.1, -0.05) is 48.3 Å². The molecule has 0 heterocycles. The minimum absolute atomic E-state index is 0.0993. The lowest BCUT2D eigenvalue weighted by Gasteiger charge is -2.24. The molecule has 112 valence electrons. The molecule has 0 amide bonds. The molecule has 21 heavy (non-hydrogen) atoms. The van der Waals surface area contributed by atoms with Crippen LogP contribution in [0.5, 0.6) is 0 Å². The van der Waals surface area contributed by atoms with E-state index >= 15 is 0 Å². The van der Waals surface area contributed by atoms with Crippen LogP contribution >= 0.6 is 23.2 Å². The largest absolute Gasteiger partial charge is 0.303 e. The quantitative estimate of drug-likeness (QED) is 0.717. The highest BCUT2D eigenvalue weighted by molar-refractivity contribution is 6.35. The van der Waals surface area contributed by atoms with Crippen molar-refractivity contribution in [2.45, 2.75) is 32.4 Å². The van der Waals surface area contributed by atoms with Crippen molar-refractivity contribution >= 4 is 23.2 Å². The van der Waals surface area contributed by atoms with Crippen molar-refractivity contribution in [2.75, 3.05) is 0 Å². The van der Waals surface area contributed by atoms with Gasteiger partial charge in [-0.2, -0.15) is 0 Å². The van der Waals surface area contributed by atoms with Crippen molar-refractivity contribution in [1.29, 1.82) is 0 Å². The normalized spacial score (nSPS) is 14.0. The van der Waals surface area contributed by atoms with Crippen LogP contribution in [0.25, 0.3) is 0 Å². The molecule has 1 nitrogen and oxygen atoms in total. The fraction of sp³-hybridized carbons (Fsp3) is 0.294. The molecule has 0 bridgehead atoms. The summed E-state index contributed by atoms with van der Waals surface area (Å²) in [7, 11) is 0. The lowest BCUT2D eigenvalue weighted by molar-refractivity contribution is 0.456. The zero-order chi connectivity index (χ0) is 15.4. The minimum atomic E-state index is -0.223. The first kappa shape index (κ1) is 16.3. The second-order valence-electron chi connectivity index (χ2n) is 5.07. The van der Waals surface area contributed by atoms with Crippen LogP contribution < -0.4 is 5.32 Å². The van der Waals surface area contributed by atoms with E-state index in [-0.39, 0.29) is 17.9 Å². The maximum Gasteiger partial charge on any atom is 0.123 e. The Labute approximate surface area is 135 Å². The summed E-state index contributed by atoms with van der Waals surface area (Å²) >= 11 is 12.2. The van der Waals surface area contributed by atoms with E-state index in [0.29, 0.717) is 10.0 Å². The fourth-order valence-corrected chi connectivity index (χ4v) is 2.90. The lowest BCUT2D eigenvalue weighted by atomic mass is 10.0. The van der Waals surface area contributed by atoms with Crippen LogP contribution in [-0.2, 0) is 0 Å². The Balaban J connectivity index is 2.16. The molecule has 1 N–H and O–H groups in total. The van der Waals surface area contributed by atoms with Crippen molar-refractivity contribution in [2.24, 2.45) is 0 Å². The molecule has 0 aliphatic heterocycles. The summed E-state index contributed by atoms with van der Waals surface area (Å²) < 4.78 is 13.0. The zero-order valence-corrected chi connectivity index (χ0v) is 13.5. The smallest absolute Gasteiger partial charge is 0.123 e. The van der Waals surface area contributed by atoms with Gasteiger partial charge in [-0.15, -0.1) is 0 Å². The molecule has 0 aliphatic rings. The summed E-state index contributed by atoms with van der Waals surface area (Å²) in [5.41, 5.74) is 2.07. The summed E-state index contributed by atoms with van der Waals surface area (Å²) in [6.45, 7) is 4.15. The summed E-state index contributed by atoms with van der Waals surface area (Å²) in [6.07, 6.45) is 0.896. The molecule has 2 rings (SSSR count). The van der Waals surface area contributed by atoms with Crippen molar-refractivity contribution in [1.82, 2.24) is 5.32 Å². The van der Waals surface area contributed by atoms with Gasteiger partial charge in [-0.25, -0.2) is 4.39 Å². The van der Waals surface area contributed by atoms with Gasteiger partial charge in [0, 0.05) is 22.1 Å². The highest BCUT2D eigenvalue weighted by Gasteiger charge is 2.16. The molecule has 2 aromatic rings. The Morgan fingerprint density at radius 3 is 2.33 bits per heavy atom. The molecule has 0 radical (unpaired) electrons. The summed E-state index contributed by atoms with van der Waals surface area (Å²) in [5, 5.41) is 4.82. The maximum atomic E-state index is 13.0. The van der Waals surface area contributed by atoms with Gasteiger partial charge in [0.25, 0.3) is 0 Å². The number of nitrogens with one attached hydrogen (secondary N) is 1. The SMILES string of the molecule is CCC(N[C@@H](C)c1ccc(F)cc1)c1ccc(Cl)cc1Cl. The minimum Gasteiger partial charge on any atom is -0.303 e. The van der Waals surface area contributed by atoms with Crippen molar-refractivity contribution in [3.8, 4) is 0 Å². The topological polar surface area (TPSA) is 12.0 Å². The van der Waals surface area contributed by atoms with Gasteiger partial charge in [0.2, 0.25) is 0 Å². The van der Waals surface area contributed by atoms with Gasteiger partial charge >= 0.3 is 0 Å². The molecule has 0 saturated carbocycles. The molecule has 0 saturated heterocycles. The Morgan fingerprint density at radius 1 is 1.10 bits per heavy atom. The van der Waals surface area contributed by atoms with E-state index in [0.717, 1.165) is 17.5 Å². The van der Waals surface area contributed by atoms with Crippen LogP contribution in [0.15, 0.2) is 42.5 Å². The van der Waals surface area contributed by atoms with Crippen LogP contribution in [0.2, 0.25) is 10.0 Å². The Morgan fingerprint density at radius 2 is 1.76 bits per heavy atom. The third-order valence-corrected chi connectivity index (χ3v) is 4.13. The van der Waals surface area contributed by atoms with E-state index in [2.05, 4.69) is 19.2 Å². The average Bonchev–Trinajstić information content (AvgIpc) is 2.46. The number of hydrogen-bond donors (Lipinski definition) is 1. The van der Waals surface area contributed by atoms with Gasteiger partial charge in [0.1, 0.15) is 5.82 Å². The number of halogens is 3. The van der Waals surface area contributed by atoms with Crippen LogP contribution in [0.4, 0.5) is 4.39 Å². The van der Waals surface area contributed by atoms with Crippen molar-refractivity contribution < 1.29 is 4.39 Å². The monoisotopic (exact) mass is 325 g/mol. The standard InChI is InChI=1S/C17H18Cl2FN/c1-3-17(15-9-6-13(18)10-16(15)19)21-11(2)12-4-7-14(20)8-5-12/h4-11,17,21H,3H2,1-2H3/t11-,17?/m0/s1. The van der Waals surface area contributed by atoms with Crippen LogP contribution in [0.1, 0.15) is 43.5 Å². The van der Waals surface area contributed by atoms with E-state index in [1.165, 1.54) is 12.1 Å². The molecule has 2 atom stereocenters. The van der Waals surface area contributed by atoms with E-state index in [9.17, 15) is 4.39 Å². The van der Waals surface area contributed by atoms with Gasteiger partial charge in [0.15, 0.2) is 0 Å². The number of hydrogen-bond acceptors (Lipinski definition) is 1. The van der Waals surface area contributed by atoms with E-state index in [1.54, 1.807) is 18.2 Å². The molecule has 2 aromatic carbocycles. The first-order chi connectivity index (χ1) is 10.0. The molecule has 0 aromatic heterocycles. The molecule has 1 unspecified atom stereocenters. The Bertz CT molecular complexity index is 598. The zero-order valence-electron chi connectivity index (χ0n) is 12.0. The third kappa shape index (κ3) is 4.19. The van der Waals surface area contributed by atoms with E-state index in [4.69, 9.17) is 23.2 Å². The molecule has 4 heteroatoms. The summed E-state index contributed by atoms with van der Waals surface area (Å²) in [6, 6.07) is 12.3. The van der Waals surface area contributed by atoms with Crippen molar-refractivity contribution in [3.05, 3.63) is 69.5 Å². The molecule has 0 aliphatic carbocycles. The second kappa shape index (κ2) is 7.26.